The molecule has 0 aliphatic heterocycles. The number of benzene rings is 1. The number of rotatable bonds is 2. The molecule has 3 aromatic rings. The van der Waals surface area contributed by atoms with Crippen LogP contribution in [0.2, 0.25) is 0 Å². The van der Waals surface area contributed by atoms with Crippen molar-refractivity contribution in [3.05, 3.63) is 42.7 Å². The molecule has 0 saturated carbocycles. The lowest BCUT2D eigenvalue weighted by molar-refractivity contribution is 0.479. The third-order valence-corrected chi connectivity index (χ3v) is 2.99. The predicted molar refractivity (Wildman–Crippen MR) is 68.3 cm³/mol. The monoisotopic (exact) mass is 243 g/mol. The standard InChI is InChI=1S/C12H9N3OS/c13-11-7-15-12(17-11)16-9-4-3-8-2-1-5-14-10(8)6-9/h1-7H,13H2. The Kier molecular flexibility index (Phi) is 2.38. The second kappa shape index (κ2) is 4.03. The van der Waals surface area contributed by atoms with Gasteiger partial charge >= 0.3 is 0 Å². The SMILES string of the molecule is Nc1cnc(Oc2ccc3cccnc3c2)s1. The van der Waals surface area contributed by atoms with E-state index in [4.69, 9.17) is 10.5 Å². The van der Waals surface area contributed by atoms with Crippen LogP contribution in [-0.4, -0.2) is 9.97 Å². The summed E-state index contributed by atoms with van der Waals surface area (Å²) in [5, 5.41) is 2.26. The van der Waals surface area contributed by atoms with Crippen molar-refractivity contribution in [1.29, 1.82) is 0 Å². The minimum Gasteiger partial charge on any atom is -0.431 e. The Morgan fingerprint density at radius 2 is 2.12 bits per heavy atom. The normalized spacial score (nSPS) is 10.6. The molecule has 3 rings (SSSR count). The summed E-state index contributed by atoms with van der Waals surface area (Å²) < 4.78 is 5.59. The van der Waals surface area contributed by atoms with E-state index in [9.17, 15) is 0 Å². The molecule has 0 amide bonds. The number of fused-ring (bicyclic) bond motifs is 1. The first-order valence-corrected chi connectivity index (χ1v) is 5.87. The quantitative estimate of drug-likeness (QED) is 0.751. The van der Waals surface area contributed by atoms with E-state index in [-0.39, 0.29) is 0 Å². The van der Waals surface area contributed by atoms with Crippen LogP contribution in [0.4, 0.5) is 5.00 Å². The van der Waals surface area contributed by atoms with Crippen LogP contribution in [0.15, 0.2) is 42.7 Å². The van der Waals surface area contributed by atoms with E-state index in [0.29, 0.717) is 15.9 Å². The highest BCUT2D eigenvalue weighted by molar-refractivity contribution is 7.17. The van der Waals surface area contributed by atoms with Crippen LogP contribution in [0.25, 0.3) is 10.9 Å². The lowest BCUT2D eigenvalue weighted by Crippen LogP contribution is -1.84. The lowest BCUT2D eigenvalue weighted by atomic mass is 10.2. The van der Waals surface area contributed by atoms with Crippen LogP contribution < -0.4 is 10.5 Å². The van der Waals surface area contributed by atoms with Crippen molar-refractivity contribution < 1.29 is 4.74 Å². The smallest absolute Gasteiger partial charge is 0.280 e. The first-order chi connectivity index (χ1) is 8.31. The molecule has 0 aliphatic rings. The zero-order valence-corrected chi connectivity index (χ0v) is 9.65. The Labute approximate surface area is 102 Å². The number of nitrogen functional groups attached to an aromatic ring is 1. The summed E-state index contributed by atoms with van der Waals surface area (Å²) in [7, 11) is 0. The molecule has 0 spiro atoms. The lowest BCUT2D eigenvalue weighted by Gasteiger charge is -2.02. The van der Waals surface area contributed by atoms with E-state index in [2.05, 4.69) is 9.97 Å². The van der Waals surface area contributed by atoms with Crippen LogP contribution in [0.3, 0.4) is 0 Å². The number of pyridine rings is 1. The Balaban J connectivity index is 1.95. The number of aromatic nitrogens is 2. The number of nitrogens with zero attached hydrogens (tertiary/aromatic N) is 2. The maximum Gasteiger partial charge on any atom is 0.280 e. The summed E-state index contributed by atoms with van der Waals surface area (Å²) in [6.07, 6.45) is 3.34. The second-order valence-electron chi connectivity index (χ2n) is 3.49. The van der Waals surface area contributed by atoms with Crippen molar-refractivity contribution in [2.24, 2.45) is 0 Å². The van der Waals surface area contributed by atoms with Gasteiger partial charge in [0.25, 0.3) is 5.19 Å². The molecule has 0 bridgehead atoms. The topological polar surface area (TPSA) is 61.0 Å². The number of ether oxygens (including phenoxy) is 1. The van der Waals surface area contributed by atoms with Gasteiger partial charge in [-0.2, -0.15) is 0 Å². The summed E-state index contributed by atoms with van der Waals surface area (Å²) in [5.74, 6) is 0.713. The van der Waals surface area contributed by atoms with E-state index in [1.807, 2.05) is 30.3 Å². The average Bonchev–Trinajstić information content (AvgIpc) is 2.75. The Morgan fingerprint density at radius 1 is 1.18 bits per heavy atom. The Hall–Kier alpha value is -2.14. The van der Waals surface area contributed by atoms with Gasteiger partial charge in [0, 0.05) is 17.6 Å². The molecule has 0 saturated heterocycles. The van der Waals surface area contributed by atoms with Gasteiger partial charge < -0.3 is 10.5 Å². The van der Waals surface area contributed by atoms with E-state index in [1.54, 1.807) is 12.4 Å². The summed E-state index contributed by atoms with van der Waals surface area (Å²) in [4.78, 5) is 8.31. The van der Waals surface area contributed by atoms with E-state index >= 15 is 0 Å². The molecule has 2 heterocycles. The number of hydrogen-bond acceptors (Lipinski definition) is 5. The summed E-state index contributed by atoms with van der Waals surface area (Å²) in [6, 6.07) is 9.65. The molecule has 0 radical (unpaired) electrons. The molecule has 2 N–H and O–H groups in total. The number of nitrogens with two attached hydrogens (primary N) is 1. The first kappa shape index (κ1) is 10.0. The molecule has 0 atom stereocenters. The van der Waals surface area contributed by atoms with Crippen LogP contribution >= 0.6 is 11.3 Å². The molecular weight excluding hydrogens is 234 g/mol. The zero-order chi connectivity index (χ0) is 11.7. The molecule has 0 unspecified atom stereocenters. The van der Waals surface area contributed by atoms with E-state index in [0.717, 1.165) is 10.9 Å². The zero-order valence-electron chi connectivity index (χ0n) is 8.83. The molecule has 2 aromatic heterocycles. The summed E-state index contributed by atoms with van der Waals surface area (Å²) >= 11 is 1.31. The summed E-state index contributed by atoms with van der Waals surface area (Å²) in [5.41, 5.74) is 6.48. The highest BCUT2D eigenvalue weighted by Gasteiger charge is 2.03. The van der Waals surface area contributed by atoms with Crippen molar-refractivity contribution >= 4 is 27.2 Å². The third-order valence-electron chi connectivity index (χ3n) is 2.28. The molecular formula is C12H9N3OS. The molecule has 1 aromatic carbocycles. The Bertz CT molecular complexity index is 665. The summed E-state index contributed by atoms with van der Waals surface area (Å²) in [6.45, 7) is 0. The highest BCUT2D eigenvalue weighted by atomic mass is 32.1. The highest BCUT2D eigenvalue weighted by Crippen LogP contribution is 2.29. The van der Waals surface area contributed by atoms with Crippen LogP contribution in [-0.2, 0) is 0 Å². The second-order valence-corrected chi connectivity index (χ2v) is 4.51. The van der Waals surface area contributed by atoms with Crippen molar-refractivity contribution in [1.82, 2.24) is 9.97 Å². The average molecular weight is 243 g/mol. The molecule has 17 heavy (non-hydrogen) atoms. The fourth-order valence-corrected chi connectivity index (χ4v) is 2.08. The van der Waals surface area contributed by atoms with Gasteiger partial charge in [0.1, 0.15) is 10.8 Å². The molecule has 4 nitrogen and oxygen atoms in total. The maximum absolute atomic E-state index is 5.59. The third kappa shape index (κ3) is 2.05. The van der Waals surface area contributed by atoms with E-state index < -0.39 is 0 Å². The maximum atomic E-state index is 5.59. The number of hydrogen-bond donors (Lipinski definition) is 1. The number of anilines is 1. The predicted octanol–water partition coefficient (Wildman–Crippen LogP) is 3.07. The van der Waals surface area contributed by atoms with Gasteiger partial charge in [0.05, 0.1) is 11.7 Å². The minimum absolute atomic E-state index is 0.540. The van der Waals surface area contributed by atoms with E-state index in [1.165, 1.54) is 11.3 Å². The van der Waals surface area contributed by atoms with Gasteiger partial charge in [-0.15, -0.1) is 0 Å². The van der Waals surface area contributed by atoms with Gasteiger partial charge in [0.2, 0.25) is 0 Å². The van der Waals surface area contributed by atoms with Crippen molar-refractivity contribution in [2.75, 3.05) is 5.73 Å². The van der Waals surface area contributed by atoms with Crippen LogP contribution in [0, 0.1) is 0 Å². The van der Waals surface area contributed by atoms with Gasteiger partial charge in [-0.05, 0) is 18.2 Å². The fourth-order valence-electron chi connectivity index (χ4n) is 1.53. The molecule has 84 valence electrons. The van der Waals surface area contributed by atoms with Crippen LogP contribution in [0.5, 0.6) is 10.9 Å². The molecule has 5 heteroatoms. The van der Waals surface area contributed by atoms with Gasteiger partial charge in [-0.3, -0.25) is 4.98 Å². The van der Waals surface area contributed by atoms with Gasteiger partial charge in [0.15, 0.2) is 0 Å². The molecule has 0 fully saturated rings. The van der Waals surface area contributed by atoms with Gasteiger partial charge in [-0.25, -0.2) is 4.98 Å². The largest absolute Gasteiger partial charge is 0.431 e. The minimum atomic E-state index is 0.540. The van der Waals surface area contributed by atoms with Crippen molar-refractivity contribution in [3.8, 4) is 10.9 Å². The van der Waals surface area contributed by atoms with Crippen molar-refractivity contribution in [2.45, 2.75) is 0 Å². The molecule has 0 aliphatic carbocycles. The van der Waals surface area contributed by atoms with Crippen LogP contribution in [0.1, 0.15) is 0 Å². The Morgan fingerprint density at radius 3 is 2.94 bits per heavy atom. The van der Waals surface area contributed by atoms with Crippen molar-refractivity contribution in [3.63, 3.8) is 0 Å². The number of thiazole rings is 1. The van der Waals surface area contributed by atoms with Gasteiger partial charge in [-0.1, -0.05) is 17.4 Å². The first-order valence-electron chi connectivity index (χ1n) is 5.05. The fraction of sp³-hybridized carbons (Fsp3) is 0.